The van der Waals surface area contributed by atoms with E-state index >= 15 is 0 Å². The molecule has 0 bridgehead atoms. The number of rotatable bonds is 5. The van der Waals surface area contributed by atoms with E-state index in [9.17, 15) is 14.4 Å². The van der Waals surface area contributed by atoms with E-state index in [1.807, 2.05) is 18.2 Å². The van der Waals surface area contributed by atoms with Crippen LogP contribution in [0.1, 0.15) is 66.6 Å². The molecule has 0 saturated heterocycles. The summed E-state index contributed by atoms with van der Waals surface area (Å²) in [7, 11) is 0. The van der Waals surface area contributed by atoms with Crippen molar-refractivity contribution in [1.29, 1.82) is 0 Å². The topological polar surface area (TPSA) is 66.5 Å². The number of imide groups is 1. The summed E-state index contributed by atoms with van der Waals surface area (Å²) in [6, 6.07) is 13.0. The zero-order valence-corrected chi connectivity index (χ0v) is 16.8. The van der Waals surface area contributed by atoms with Crippen LogP contribution >= 0.6 is 0 Å². The van der Waals surface area contributed by atoms with E-state index in [2.05, 4.69) is 33.0 Å². The van der Waals surface area contributed by atoms with E-state index in [0.717, 1.165) is 21.7 Å². The number of para-hydroxylation sites is 1. The predicted octanol–water partition coefficient (Wildman–Crippen LogP) is 4.10. The standard InChI is InChI=1S/C23H26N2O3/c1-14(2)17-10-7-11-18(15(3)4)22(17)24-20(26)13-25-21(27)12-16-8-5-6-9-19(16)23(25)28/h5-11,14-15H,12-13H2,1-4H3,(H,24,26). The average Bonchev–Trinajstić information content (AvgIpc) is 2.65. The first-order valence-electron chi connectivity index (χ1n) is 9.64. The van der Waals surface area contributed by atoms with E-state index in [-0.39, 0.29) is 36.6 Å². The van der Waals surface area contributed by atoms with Crippen LogP contribution in [-0.2, 0) is 16.0 Å². The van der Waals surface area contributed by atoms with Crippen molar-refractivity contribution in [3.8, 4) is 0 Å². The molecule has 0 aromatic heterocycles. The van der Waals surface area contributed by atoms with Crippen molar-refractivity contribution in [2.75, 3.05) is 11.9 Å². The Balaban J connectivity index is 1.84. The molecule has 146 valence electrons. The van der Waals surface area contributed by atoms with Gasteiger partial charge in [-0.15, -0.1) is 0 Å². The Morgan fingerprint density at radius 3 is 2.18 bits per heavy atom. The van der Waals surface area contributed by atoms with Gasteiger partial charge in [-0.05, 0) is 34.6 Å². The molecular formula is C23H26N2O3. The number of carbonyl (C=O) groups excluding carboxylic acids is 3. The van der Waals surface area contributed by atoms with E-state index in [1.165, 1.54) is 0 Å². The minimum atomic E-state index is -0.414. The van der Waals surface area contributed by atoms with Crippen molar-refractivity contribution in [3.05, 3.63) is 64.7 Å². The average molecular weight is 378 g/mol. The van der Waals surface area contributed by atoms with E-state index < -0.39 is 5.91 Å². The normalized spacial score (nSPS) is 13.9. The van der Waals surface area contributed by atoms with Crippen LogP contribution in [0.2, 0.25) is 0 Å². The van der Waals surface area contributed by atoms with Crippen LogP contribution in [0.25, 0.3) is 0 Å². The van der Waals surface area contributed by atoms with Gasteiger partial charge in [0.15, 0.2) is 0 Å². The lowest BCUT2D eigenvalue weighted by Gasteiger charge is -2.27. The molecule has 3 amide bonds. The Hall–Kier alpha value is -2.95. The molecule has 0 saturated carbocycles. The molecule has 1 aliphatic heterocycles. The fourth-order valence-electron chi connectivity index (χ4n) is 3.58. The van der Waals surface area contributed by atoms with Crippen molar-refractivity contribution in [2.24, 2.45) is 0 Å². The number of hydrogen-bond donors (Lipinski definition) is 1. The highest BCUT2D eigenvalue weighted by Gasteiger charge is 2.32. The van der Waals surface area contributed by atoms with Gasteiger partial charge in [0.05, 0.1) is 6.42 Å². The molecule has 1 heterocycles. The number of hydrogen-bond acceptors (Lipinski definition) is 3. The molecule has 2 aromatic carbocycles. The Labute approximate surface area is 165 Å². The second-order valence-electron chi connectivity index (χ2n) is 7.79. The number of nitrogens with one attached hydrogen (secondary N) is 1. The van der Waals surface area contributed by atoms with Gasteiger partial charge in [0, 0.05) is 11.3 Å². The van der Waals surface area contributed by atoms with Crippen LogP contribution in [0.3, 0.4) is 0 Å². The third-order valence-electron chi connectivity index (χ3n) is 5.07. The van der Waals surface area contributed by atoms with Gasteiger partial charge in [0.2, 0.25) is 11.8 Å². The molecule has 28 heavy (non-hydrogen) atoms. The van der Waals surface area contributed by atoms with Crippen molar-refractivity contribution in [1.82, 2.24) is 4.90 Å². The molecule has 5 heteroatoms. The second kappa shape index (κ2) is 7.97. The van der Waals surface area contributed by atoms with Gasteiger partial charge in [-0.1, -0.05) is 64.1 Å². The zero-order chi connectivity index (χ0) is 20.4. The lowest BCUT2D eigenvalue weighted by molar-refractivity contribution is -0.131. The third kappa shape index (κ3) is 3.84. The van der Waals surface area contributed by atoms with E-state index in [4.69, 9.17) is 0 Å². The number of benzene rings is 2. The highest BCUT2D eigenvalue weighted by atomic mass is 16.2. The zero-order valence-electron chi connectivity index (χ0n) is 16.8. The Kier molecular flexibility index (Phi) is 5.63. The number of anilines is 1. The molecule has 0 atom stereocenters. The van der Waals surface area contributed by atoms with Gasteiger partial charge in [-0.2, -0.15) is 0 Å². The van der Waals surface area contributed by atoms with E-state index in [0.29, 0.717) is 11.1 Å². The van der Waals surface area contributed by atoms with Gasteiger partial charge in [-0.25, -0.2) is 0 Å². The summed E-state index contributed by atoms with van der Waals surface area (Å²) in [5, 5.41) is 2.97. The lowest BCUT2D eigenvalue weighted by atomic mass is 9.92. The van der Waals surface area contributed by atoms with Crippen molar-refractivity contribution in [3.63, 3.8) is 0 Å². The number of nitrogens with zero attached hydrogens (tertiary/aromatic N) is 1. The summed E-state index contributed by atoms with van der Waals surface area (Å²) in [6.07, 6.45) is 0.134. The number of amides is 3. The molecule has 0 fully saturated rings. The summed E-state index contributed by atoms with van der Waals surface area (Å²) in [5.41, 5.74) is 4.07. The predicted molar refractivity (Wildman–Crippen MR) is 109 cm³/mol. The summed E-state index contributed by atoms with van der Waals surface area (Å²) in [4.78, 5) is 38.9. The number of carbonyl (C=O) groups is 3. The lowest BCUT2D eigenvalue weighted by Crippen LogP contribution is -2.46. The maximum absolute atomic E-state index is 12.8. The van der Waals surface area contributed by atoms with Gasteiger partial charge < -0.3 is 5.32 Å². The van der Waals surface area contributed by atoms with Gasteiger partial charge in [-0.3, -0.25) is 19.3 Å². The summed E-state index contributed by atoms with van der Waals surface area (Å²) >= 11 is 0. The van der Waals surface area contributed by atoms with Crippen molar-refractivity contribution in [2.45, 2.75) is 46.0 Å². The number of fused-ring (bicyclic) bond motifs is 1. The molecule has 1 N–H and O–H groups in total. The smallest absolute Gasteiger partial charge is 0.261 e. The minimum Gasteiger partial charge on any atom is -0.324 e. The van der Waals surface area contributed by atoms with Crippen LogP contribution in [-0.4, -0.2) is 29.2 Å². The minimum absolute atomic E-state index is 0.134. The summed E-state index contributed by atoms with van der Waals surface area (Å²) in [5.74, 6) is -0.655. The van der Waals surface area contributed by atoms with Gasteiger partial charge >= 0.3 is 0 Å². The molecule has 0 aliphatic carbocycles. The molecule has 0 radical (unpaired) electrons. The molecule has 3 rings (SSSR count). The quantitative estimate of drug-likeness (QED) is 0.797. The molecule has 2 aromatic rings. The Morgan fingerprint density at radius 2 is 1.57 bits per heavy atom. The fraction of sp³-hybridized carbons (Fsp3) is 0.348. The first kappa shape index (κ1) is 19.8. The highest BCUT2D eigenvalue weighted by molar-refractivity contribution is 6.12. The summed E-state index contributed by atoms with van der Waals surface area (Å²) < 4.78 is 0. The largest absolute Gasteiger partial charge is 0.324 e. The maximum Gasteiger partial charge on any atom is 0.261 e. The monoisotopic (exact) mass is 378 g/mol. The fourth-order valence-corrected chi connectivity index (χ4v) is 3.58. The van der Waals surface area contributed by atoms with Crippen LogP contribution in [0.4, 0.5) is 5.69 Å². The van der Waals surface area contributed by atoms with Crippen LogP contribution in [0, 0.1) is 0 Å². The van der Waals surface area contributed by atoms with Crippen molar-refractivity contribution >= 4 is 23.4 Å². The van der Waals surface area contributed by atoms with Gasteiger partial charge in [0.25, 0.3) is 5.91 Å². The second-order valence-corrected chi connectivity index (χ2v) is 7.79. The molecular weight excluding hydrogens is 352 g/mol. The molecule has 0 unspecified atom stereocenters. The Bertz CT molecular complexity index is 905. The Morgan fingerprint density at radius 1 is 0.964 bits per heavy atom. The van der Waals surface area contributed by atoms with E-state index in [1.54, 1.807) is 24.3 Å². The first-order chi connectivity index (χ1) is 13.3. The summed E-state index contributed by atoms with van der Waals surface area (Å²) in [6.45, 7) is 8.01. The first-order valence-corrected chi connectivity index (χ1v) is 9.64. The van der Waals surface area contributed by atoms with Crippen LogP contribution < -0.4 is 5.32 Å². The maximum atomic E-state index is 12.8. The van der Waals surface area contributed by atoms with Gasteiger partial charge in [0.1, 0.15) is 6.54 Å². The molecule has 5 nitrogen and oxygen atoms in total. The van der Waals surface area contributed by atoms with Crippen molar-refractivity contribution < 1.29 is 14.4 Å². The molecule has 1 aliphatic rings. The third-order valence-corrected chi connectivity index (χ3v) is 5.07. The highest BCUT2D eigenvalue weighted by Crippen LogP contribution is 2.32. The SMILES string of the molecule is CC(C)c1cccc(C(C)C)c1NC(=O)CN1C(=O)Cc2ccccc2C1=O. The molecule has 0 spiro atoms. The van der Waals surface area contributed by atoms with Crippen LogP contribution in [0.15, 0.2) is 42.5 Å². The van der Waals surface area contributed by atoms with Crippen LogP contribution in [0.5, 0.6) is 0 Å².